The van der Waals surface area contributed by atoms with Crippen LogP contribution in [0.2, 0.25) is 5.02 Å². The van der Waals surface area contributed by atoms with Crippen molar-refractivity contribution in [2.24, 2.45) is 5.73 Å². The smallest absolute Gasteiger partial charge is 0.387 e. The summed E-state index contributed by atoms with van der Waals surface area (Å²) in [5.74, 6) is -0.342. The number of halogens is 3. The lowest BCUT2D eigenvalue weighted by Gasteiger charge is -2.09. The van der Waals surface area contributed by atoms with Gasteiger partial charge in [0.25, 0.3) is 0 Å². The maximum Gasteiger partial charge on any atom is 0.387 e. The predicted molar refractivity (Wildman–Crippen MR) is 65.0 cm³/mol. The molecule has 0 aliphatic carbocycles. The van der Waals surface area contributed by atoms with Gasteiger partial charge in [0.1, 0.15) is 5.75 Å². The molecule has 0 aliphatic heterocycles. The number of carbonyl (C=O) groups is 1. The Kier molecular flexibility index (Phi) is 5.80. The monoisotopic (exact) mass is 278 g/mol. The second-order valence-electron chi connectivity index (χ2n) is 3.46. The molecule has 1 amide bonds. The number of alkyl halides is 2. The van der Waals surface area contributed by atoms with Crippen molar-refractivity contribution >= 4 is 23.2 Å². The molecule has 0 saturated heterocycles. The van der Waals surface area contributed by atoms with Gasteiger partial charge in [0.05, 0.1) is 5.02 Å². The highest BCUT2D eigenvalue weighted by molar-refractivity contribution is 6.32. The Balaban J connectivity index is 2.63. The molecule has 0 spiro atoms. The van der Waals surface area contributed by atoms with E-state index in [1.807, 2.05) is 0 Å². The maximum atomic E-state index is 12.0. The number of nitrogens with one attached hydrogen (secondary N) is 1. The third kappa shape index (κ3) is 4.85. The molecule has 1 rings (SSSR count). The molecule has 0 atom stereocenters. The summed E-state index contributed by atoms with van der Waals surface area (Å²) in [4.78, 5) is 11.4. The Bertz CT molecular complexity index is 416. The molecule has 0 fully saturated rings. The van der Waals surface area contributed by atoms with Gasteiger partial charge >= 0.3 is 6.61 Å². The Morgan fingerprint density at radius 1 is 1.50 bits per heavy atom. The van der Waals surface area contributed by atoms with E-state index < -0.39 is 6.61 Å². The van der Waals surface area contributed by atoms with Crippen LogP contribution >= 0.6 is 11.6 Å². The maximum absolute atomic E-state index is 12.0. The van der Waals surface area contributed by atoms with E-state index in [0.717, 1.165) is 0 Å². The van der Waals surface area contributed by atoms with Crippen LogP contribution in [0.1, 0.15) is 12.8 Å². The molecule has 0 bridgehead atoms. The van der Waals surface area contributed by atoms with Crippen molar-refractivity contribution in [1.82, 2.24) is 0 Å². The molecule has 18 heavy (non-hydrogen) atoms. The predicted octanol–water partition coefficient (Wildman–Crippen LogP) is 2.62. The fourth-order valence-electron chi connectivity index (χ4n) is 1.26. The van der Waals surface area contributed by atoms with E-state index in [0.29, 0.717) is 25.1 Å². The van der Waals surface area contributed by atoms with Gasteiger partial charge in [0, 0.05) is 12.1 Å². The largest absolute Gasteiger partial charge is 0.433 e. The average Bonchev–Trinajstić information content (AvgIpc) is 2.29. The first-order chi connectivity index (χ1) is 8.52. The number of hydrogen-bond donors (Lipinski definition) is 2. The van der Waals surface area contributed by atoms with Crippen molar-refractivity contribution in [2.75, 3.05) is 11.9 Å². The fourth-order valence-corrected chi connectivity index (χ4v) is 1.48. The fraction of sp³-hybridized carbons (Fsp3) is 0.364. The first-order valence-electron chi connectivity index (χ1n) is 5.27. The number of nitrogens with two attached hydrogens (primary N) is 1. The average molecular weight is 279 g/mol. The zero-order valence-corrected chi connectivity index (χ0v) is 10.2. The topological polar surface area (TPSA) is 64.4 Å². The highest BCUT2D eigenvalue weighted by Crippen LogP contribution is 2.28. The zero-order valence-electron chi connectivity index (χ0n) is 9.46. The number of rotatable bonds is 6. The van der Waals surface area contributed by atoms with Crippen LogP contribution in [0.25, 0.3) is 0 Å². The highest BCUT2D eigenvalue weighted by Gasteiger charge is 2.10. The van der Waals surface area contributed by atoms with Gasteiger partial charge in [-0.15, -0.1) is 0 Å². The minimum atomic E-state index is -2.94. The van der Waals surface area contributed by atoms with Gasteiger partial charge in [0.15, 0.2) is 0 Å². The number of ether oxygens (including phenoxy) is 1. The van der Waals surface area contributed by atoms with E-state index in [-0.39, 0.29) is 16.7 Å². The van der Waals surface area contributed by atoms with Crippen molar-refractivity contribution in [2.45, 2.75) is 19.5 Å². The number of hydrogen-bond acceptors (Lipinski definition) is 3. The minimum Gasteiger partial charge on any atom is -0.433 e. The summed E-state index contributed by atoms with van der Waals surface area (Å²) in [6.07, 6.45) is 0.871. The molecule has 0 aliphatic rings. The summed E-state index contributed by atoms with van der Waals surface area (Å²) < 4.78 is 28.2. The second-order valence-corrected chi connectivity index (χ2v) is 3.87. The molecule has 1 aromatic carbocycles. The number of benzene rings is 1. The normalized spacial score (nSPS) is 10.5. The van der Waals surface area contributed by atoms with Gasteiger partial charge in [-0.3, -0.25) is 4.79 Å². The van der Waals surface area contributed by atoms with E-state index in [1.165, 1.54) is 18.2 Å². The molecular weight excluding hydrogens is 266 g/mol. The Hall–Kier alpha value is -1.40. The van der Waals surface area contributed by atoms with Crippen LogP contribution in [0.15, 0.2) is 18.2 Å². The molecule has 3 N–H and O–H groups in total. The highest BCUT2D eigenvalue weighted by atomic mass is 35.5. The van der Waals surface area contributed by atoms with Gasteiger partial charge < -0.3 is 15.8 Å². The van der Waals surface area contributed by atoms with Gasteiger partial charge in [-0.1, -0.05) is 11.6 Å². The number of amides is 1. The van der Waals surface area contributed by atoms with Crippen LogP contribution in [-0.4, -0.2) is 19.1 Å². The van der Waals surface area contributed by atoms with E-state index in [4.69, 9.17) is 17.3 Å². The summed E-state index contributed by atoms with van der Waals surface area (Å²) >= 11 is 5.73. The number of carbonyl (C=O) groups excluding carboxylic acids is 1. The summed E-state index contributed by atoms with van der Waals surface area (Å²) in [6, 6.07) is 4.05. The van der Waals surface area contributed by atoms with E-state index in [1.54, 1.807) is 0 Å². The summed E-state index contributed by atoms with van der Waals surface area (Å²) in [5, 5.41) is 2.58. The first-order valence-corrected chi connectivity index (χ1v) is 5.65. The van der Waals surface area contributed by atoms with Crippen molar-refractivity contribution in [3.8, 4) is 5.75 Å². The first kappa shape index (κ1) is 14.7. The second kappa shape index (κ2) is 7.13. The van der Waals surface area contributed by atoms with Crippen LogP contribution in [0.4, 0.5) is 14.5 Å². The van der Waals surface area contributed by atoms with Gasteiger partial charge in [0.2, 0.25) is 5.91 Å². The minimum absolute atomic E-state index is 0.00641. The Morgan fingerprint density at radius 3 is 2.78 bits per heavy atom. The zero-order chi connectivity index (χ0) is 13.5. The Labute approximate surface area is 108 Å². The summed E-state index contributed by atoms with van der Waals surface area (Å²) in [6.45, 7) is -2.51. The van der Waals surface area contributed by atoms with Crippen LogP contribution in [0.5, 0.6) is 5.75 Å². The lowest BCUT2D eigenvalue weighted by molar-refractivity contribution is -0.116. The van der Waals surface area contributed by atoms with Crippen molar-refractivity contribution in [3.05, 3.63) is 23.2 Å². The molecular formula is C11H13ClF2N2O2. The quantitative estimate of drug-likeness (QED) is 0.841. The third-order valence-corrected chi connectivity index (χ3v) is 2.34. The van der Waals surface area contributed by atoms with Crippen molar-refractivity contribution < 1.29 is 18.3 Å². The van der Waals surface area contributed by atoms with E-state index in [9.17, 15) is 13.6 Å². The van der Waals surface area contributed by atoms with Crippen LogP contribution in [-0.2, 0) is 4.79 Å². The Morgan fingerprint density at radius 2 is 2.22 bits per heavy atom. The number of anilines is 1. The summed E-state index contributed by atoms with van der Waals surface area (Å²) in [7, 11) is 0. The molecule has 0 saturated carbocycles. The van der Waals surface area contributed by atoms with E-state index in [2.05, 4.69) is 10.1 Å². The van der Waals surface area contributed by atoms with E-state index >= 15 is 0 Å². The standard InChI is InChI=1S/C11H13ClF2N2O2/c12-8-6-7(16-10(17)2-1-5-15)3-4-9(8)18-11(13)14/h3-4,6,11H,1-2,5,15H2,(H,16,17). The summed E-state index contributed by atoms with van der Waals surface area (Å²) in [5.41, 5.74) is 5.69. The molecule has 0 unspecified atom stereocenters. The van der Waals surface area contributed by atoms with Crippen molar-refractivity contribution in [3.63, 3.8) is 0 Å². The van der Waals surface area contributed by atoms with Crippen LogP contribution in [0, 0.1) is 0 Å². The SMILES string of the molecule is NCCCC(=O)Nc1ccc(OC(F)F)c(Cl)c1. The lowest BCUT2D eigenvalue weighted by Crippen LogP contribution is -2.13. The van der Waals surface area contributed by atoms with Crippen LogP contribution < -0.4 is 15.8 Å². The lowest BCUT2D eigenvalue weighted by atomic mass is 10.2. The third-order valence-electron chi connectivity index (χ3n) is 2.04. The molecule has 0 heterocycles. The van der Waals surface area contributed by atoms with Crippen LogP contribution in [0.3, 0.4) is 0 Å². The van der Waals surface area contributed by atoms with Gasteiger partial charge in [-0.25, -0.2) is 0 Å². The van der Waals surface area contributed by atoms with Gasteiger partial charge in [-0.05, 0) is 31.2 Å². The molecule has 7 heteroatoms. The molecule has 1 aromatic rings. The molecule has 4 nitrogen and oxygen atoms in total. The molecule has 100 valence electrons. The van der Waals surface area contributed by atoms with Gasteiger partial charge in [-0.2, -0.15) is 8.78 Å². The van der Waals surface area contributed by atoms with Crippen molar-refractivity contribution in [1.29, 1.82) is 0 Å². The molecule has 0 aromatic heterocycles. The molecule has 0 radical (unpaired) electrons.